The van der Waals surface area contributed by atoms with E-state index in [1.165, 1.54) is 11.3 Å². The third-order valence-electron chi connectivity index (χ3n) is 5.50. The van der Waals surface area contributed by atoms with Gasteiger partial charge >= 0.3 is 6.03 Å². The highest BCUT2D eigenvalue weighted by molar-refractivity contribution is 7.19. The third-order valence-corrected chi connectivity index (χ3v) is 6.52. The molecule has 0 atom stereocenters. The second-order valence-electron chi connectivity index (χ2n) is 8.60. The molecule has 1 aliphatic rings. The summed E-state index contributed by atoms with van der Waals surface area (Å²) in [6.07, 6.45) is 0. The Balaban J connectivity index is 1.75. The Labute approximate surface area is 192 Å². The largest absolute Gasteiger partial charge is 0.324 e. The molecule has 0 saturated carbocycles. The first-order chi connectivity index (χ1) is 15.3. The van der Waals surface area contributed by atoms with Crippen molar-refractivity contribution >= 4 is 22.5 Å². The predicted octanol–water partition coefficient (Wildman–Crippen LogP) is 4.58. The number of hydrogen-bond donors (Lipinski definition) is 2. The molecule has 0 unspecified atom stereocenters. The van der Waals surface area contributed by atoms with Gasteiger partial charge in [-0.15, -0.1) is 0 Å². The quantitative estimate of drug-likeness (QED) is 0.614. The first-order valence-electron chi connectivity index (χ1n) is 10.5. The van der Waals surface area contributed by atoms with Gasteiger partial charge in [0.1, 0.15) is 0 Å². The van der Waals surface area contributed by atoms with Crippen molar-refractivity contribution in [1.82, 2.24) is 20.2 Å². The maximum absolute atomic E-state index is 13.1. The lowest BCUT2D eigenvalue weighted by molar-refractivity contribution is 0.123. The number of nitrogens with one attached hydrogen (secondary N) is 2. The number of rotatable bonds is 3. The van der Waals surface area contributed by atoms with Crippen LogP contribution in [0.5, 0.6) is 0 Å². The summed E-state index contributed by atoms with van der Waals surface area (Å²) in [5.74, 6) is 0. The molecule has 7 nitrogen and oxygen atoms in total. The van der Waals surface area contributed by atoms with Crippen LogP contribution in [0.4, 0.5) is 9.93 Å². The molecular formula is C24H26N6OS. The Kier molecular flexibility index (Phi) is 5.96. The number of urea groups is 1. The number of nitriles is 1. The van der Waals surface area contributed by atoms with Gasteiger partial charge in [0.15, 0.2) is 5.13 Å². The molecule has 2 amide bonds. The number of piperazine rings is 1. The number of amides is 2. The van der Waals surface area contributed by atoms with Crippen LogP contribution in [0.3, 0.4) is 0 Å². The van der Waals surface area contributed by atoms with Gasteiger partial charge in [-0.05, 0) is 57.5 Å². The van der Waals surface area contributed by atoms with E-state index in [1.807, 2.05) is 62.9 Å². The summed E-state index contributed by atoms with van der Waals surface area (Å²) in [6.45, 7) is 10.2. The van der Waals surface area contributed by atoms with Crippen molar-refractivity contribution in [2.75, 3.05) is 25.0 Å². The molecule has 32 heavy (non-hydrogen) atoms. The number of aromatic nitrogens is 2. The summed E-state index contributed by atoms with van der Waals surface area (Å²) in [5.41, 5.74) is 4.68. The molecule has 2 N–H and O–H groups in total. The van der Waals surface area contributed by atoms with Crippen molar-refractivity contribution < 1.29 is 4.79 Å². The lowest BCUT2D eigenvalue weighted by Gasteiger charge is -2.42. The zero-order valence-electron chi connectivity index (χ0n) is 18.7. The summed E-state index contributed by atoms with van der Waals surface area (Å²) < 4.78 is 0. The number of carbonyl (C=O) groups excluding carboxylic acids is 1. The van der Waals surface area contributed by atoms with Crippen LogP contribution >= 0.6 is 11.3 Å². The molecule has 8 heteroatoms. The van der Waals surface area contributed by atoms with E-state index < -0.39 is 0 Å². The predicted molar refractivity (Wildman–Crippen MR) is 128 cm³/mol. The number of aryl methyl sites for hydroxylation is 2. The summed E-state index contributed by atoms with van der Waals surface area (Å²) in [5, 5.41) is 16.2. The highest BCUT2D eigenvalue weighted by atomic mass is 32.1. The van der Waals surface area contributed by atoms with Gasteiger partial charge in [-0.1, -0.05) is 23.5 Å². The molecule has 164 valence electrons. The molecule has 3 aromatic rings. The van der Waals surface area contributed by atoms with Crippen LogP contribution in [0.2, 0.25) is 0 Å². The van der Waals surface area contributed by atoms with E-state index in [1.54, 1.807) is 6.07 Å². The smallest absolute Gasteiger partial charge is 0.317 e. The summed E-state index contributed by atoms with van der Waals surface area (Å²) in [6, 6.07) is 13.4. The lowest BCUT2D eigenvalue weighted by atomic mass is 10.0. The molecule has 1 aliphatic heterocycles. The van der Waals surface area contributed by atoms with Gasteiger partial charge in [0.05, 0.1) is 27.7 Å². The Morgan fingerprint density at radius 3 is 2.62 bits per heavy atom. The molecule has 3 heterocycles. The van der Waals surface area contributed by atoms with Gasteiger partial charge in [0.2, 0.25) is 0 Å². The highest BCUT2D eigenvalue weighted by Gasteiger charge is 2.33. The second-order valence-corrected chi connectivity index (χ2v) is 9.60. The van der Waals surface area contributed by atoms with Crippen LogP contribution in [0.15, 0.2) is 36.4 Å². The van der Waals surface area contributed by atoms with E-state index in [9.17, 15) is 10.1 Å². The first kappa shape index (κ1) is 21.9. The minimum atomic E-state index is -0.286. The second kappa shape index (κ2) is 8.69. The van der Waals surface area contributed by atoms with Crippen LogP contribution < -0.4 is 10.6 Å². The van der Waals surface area contributed by atoms with Crippen molar-refractivity contribution in [1.29, 1.82) is 5.26 Å². The van der Waals surface area contributed by atoms with Crippen molar-refractivity contribution in [2.24, 2.45) is 0 Å². The first-order valence-corrected chi connectivity index (χ1v) is 11.3. The Bertz CT molecular complexity index is 1190. The maximum Gasteiger partial charge on any atom is 0.324 e. The van der Waals surface area contributed by atoms with Gasteiger partial charge < -0.3 is 10.2 Å². The molecule has 0 bridgehead atoms. The summed E-state index contributed by atoms with van der Waals surface area (Å²) in [4.78, 5) is 25.1. The SMILES string of the molecule is Cc1cc(-c2sc(NC(=O)N3CCNCC3(C)C)nc2-c2cccc(C#N)c2)cc(C)n1. The Morgan fingerprint density at radius 1 is 1.19 bits per heavy atom. The topological polar surface area (TPSA) is 93.9 Å². The van der Waals surface area contributed by atoms with Crippen molar-refractivity contribution in [3.05, 3.63) is 53.3 Å². The molecule has 4 rings (SSSR count). The van der Waals surface area contributed by atoms with Gasteiger partial charge in [0.25, 0.3) is 0 Å². The molecule has 1 fully saturated rings. The number of benzene rings is 1. The standard InChI is InChI=1S/C24H26N6OS/c1-15-10-19(11-16(2)27-15)21-20(18-7-5-6-17(12-18)13-25)28-22(32-21)29-23(31)30-9-8-26-14-24(30,3)4/h5-7,10-12,26H,8-9,14H2,1-4H3,(H,28,29,31). The number of pyridine rings is 1. The van der Waals surface area contributed by atoms with Gasteiger partial charge in [-0.2, -0.15) is 5.26 Å². The summed E-state index contributed by atoms with van der Waals surface area (Å²) in [7, 11) is 0. The Morgan fingerprint density at radius 2 is 1.94 bits per heavy atom. The zero-order chi connectivity index (χ0) is 22.9. The van der Waals surface area contributed by atoms with E-state index in [0.717, 1.165) is 46.2 Å². The fraction of sp³-hybridized carbons (Fsp3) is 0.333. The average molecular weight is 447 g/mol. The van der Waals surface area contributed by atoms with E-state index in [-0.39, 0.29) is 11.6 Å². The molecule has 0 radical (unpaired) electrons. The van der Waals surface area contributed by atoms with Crippen molar-refractivity contribution in [2.45, 2.75) is 33.2 Å². The van der Waals surface area contributed by atoms with E-state index >= 15 is 0 Å². The molecule has 1 aromatic carbocycles. The minimum absolute atomic E-state index is 0.156. The van der Waals surface area contributed by atoms with Crippen LogP contribution in [0.25, 0.3) is 21.7 Å². The summed E-state index contributed by atoms with van der Waals surface area (Å²) >= 11 is 1.43. The number of carbonyl (C=O) groups is 1. The molecule has 0 aliphatic carbocycles. The van der Waals surface area contributed by atoms with Crippen molar-refractivity contribution in [3.8, 4) is 27.8 Å². The van der Waals surface area contributed by atoms with Crippen LogP contribution in [-0.4, -0.2) is 46.1 Å². The van der Waals surface area contributed by atoms with E-state index in [0.29, 0.717) is 17.2 Å². The number of thiazole rings is 1. The normalized spacial score (nSPS) is 15.3. The number of hydrogen-bond acceptors (Lipinski definition) is 6. The van der Waals surface area contributed by atoms with Crippen molar-refractivity contribution in [3.63, 3.8) is 0 Å². The van der Waals surface area contributed by atoms with Gasteiger partial charge in [-0.3, -0.25) is 10.3 Å². The third kappa shape index (κ3) is 4.49. The van der Waals surface area contributed by atoms with Gasteiger partial charge in [-0.25, -0.2) is 9.78 Å². The monoisotopic (exact) mass is 446 g/mol. The fourth-order valence-electron chi connectivity index (χ4n) is 3.99. The number of nitrogens with zero attached hydrogens (tertiary/aromatic N) is 4. The number of anilines is 1. The lowest BCUT2D eigenvalue weighted by Crippen LogP contribution is -2.60. The molecular weight excluding hydrogens is 420 g/mol. The zero-order valence-corrected chi connectivity index (χ0v) is 19.5. The maximum atomic E-state index is 13.1. The molecule has 0 spiro atoms. The molecule has 1 saturated heterocycles. The van der Waals surface area contributed by atoms with E-state index in [4.69, 9.17) is 4.98 Å². The van der Waals surface area contributed by atoms with E-state index in [2.05, 4.69) is 21.7 Å². The van der Waals surface area contributed by atoms with Crippen LogP contribution in [0, 0.1) is 25.2 Å². The van der Waals surface area contributed by atoms with Crippen LogP contribution in [-0.2, 0) is 0 Å². The minimum Gasteiger partial charge on any atom is -0.317 e. The van der Waals surface area contributed by atoms with Crippen LogP contribution in [0.1, 0.15) is 30.8 Å². The molecule has 2 aromatic heterocycles. The average Bonchev–Trinajstić information content (AvgIpc) is 3.16. The van der Waals surface area contributed by atoms with Gasteiger partial charge in [0, 0.05) is 36.6 Å². The fourth-order valence-corrected chi connectivity index (χ4v) is 4.95. The highest BCUT2D eigenvalue weighted by Crippen LogP contribution is 2.40. The Hall–Kier alpha value is -3.28.